The highest BCUT2D eigenvalue weighted by atomic mass is 16.3. The number of hydrogen-bond acceptors (Lipinski definition) is 4. The van der Waals surface area contributed by atoms with Crippen molar-refractivity contribution in [3.8, 4) is 39.1 Å². The van der Waals surface area contributed by atoms with Gasteiger partial charge in [0.2, 0.25) is 0 Å². The van der Waals surface area contributed by atoms with E-state index >= 15 is 0 Å². The van der Waals surface area contributed by atoms with Gasteiger partial charge < -0.3 is 23.2 Å². The van der Waals surface area contributed by atoms with Crippen LogP contribution in [-0.2, 0) is 16.2 Å². The molecule has 424 valence electrons. The lowest BCUT2D eigenvalue weighted by molar-refractivity contribution is 0.659. The van der Waals surface area contributed by atoms with E-state index in [0.29, 0.717) is 0 Å². The quantitative estimate of drug-likeness (QED) is 0.166. The topological polar surface area (TPSA) is 37.7 Å². The summed E-state index contributed by atoms with van der Waals surface area (Å²) in [6, 6.07) is 102. The average molecular weight is 1150 g/mol. The monoisotopic (exact) mass is 1150 g/mol. The molecule has 4 aliphatic rings. The lowest BCUT2D eigenvalue weighted by Crippen LogP contribution is -2.34. The van der Waals surface area contributed by atoms with Gasteiger partial charge in [-0.3, -0.25) is 0 Å². The Bertz CT molecular complexity index is 5820. The Morgan fingerprint density at radius 1 is 0.322 bits per heavy atom. The summed E-state index contributed by atoms with van der Waals surface area (Å²) in [4.78, 5) is 5.09. The number of anilines is 6. The summed E-state index contributed by atoms with van der Waals surface area (Å²) < 4.78 is 18.0. The normalized spacial score (nSPS) is 15.8. The van der Waals surface area contributed by atoms with Crippen molar-refractivity contribution in [3.05, 3.63) is 317 Å². The summed E-state index contributed by atoms with van der Waals surface area (Å²) in [7, 11) is 0. The molecule has 5 nitrogen and oxygen atoms in total. The van der Waals surface area contributed by atoms with Crippen LogP contribution in [0.15, 0.2) is 282 Å². The lowest BCUT2D eigenvalue weighted by Gasteiger charge is -2.40. The summed E-state index contributed by atoms with van der Waals surface area (Å²) in [5.41, 5.74) is 28.7. The van der Waals surface area contributed by atoms with E-state index in [1.165, 1.54) is 83.0 Å². The zero-order valence-corrected chi connectivity index (χ0v) is 50.1. The van der Waals surface area contributed by atoms with Crippen LogP contribution in [0.4, 0.5) is 34.1 Å². The van der Waals surface area contributed by atoms with Crippen molar-refractivity contribution in [2.45, 2.75) is 43.9 Å². The second kappa shape index (κ2) is 17.6. The van der Waals surface area contributed by atoms with Gasteiger partial charge in [-0.2, -0.15) is 0 Å². The molecule has 1 atom stereocenters. The zero-order valence-electron chi connectivity index (χ0n) is 50.1. The number of aromatic nitrogens is 1. The van der Waals surface area contributed by atoms with Crippen molar-refractivity contribution >= 4 is 99.8 Å². The van der Waals surface area contributed by atoms with Gasteiger partial charge in [-0.05, 0) is 140 Å². The zero-order chi connectivity index (χ0) is 59.5. The van der Waals surface area contributed by atoms with Gasteiger partial charge in [0, 0.05) is 60.3 Å². The molecular formula is C85H57N3O2. The number of para-hydroxylation sites is 7. The Morgan fingerprint density at radius 3 is 1.42 bits per heavy atom. The maximum atomic E-state index is 7.80. The smallest absolute Gasteiger partial charge is 0.160 e. The van der Waals surface area contributed by atoms with Gasteiger partial charge in [0.25, 0.3) is 0 Å². The van der Waals surface area contributed by atoms with E-state index in [1.54, 1.807) is 0 Å². The average Bonchev–Trinajstić information content (AvgIpc) is 1.47. The maximum absolute atomic E-state index is 7.80. The van der Waals surface area contributed by atoms with Crippen LogP contribution in [0.5, 0.6) is 0 Å². The molecule has 20 rings (SSSR count). The molecule has 0 N–H and O–H groups in total. The van der Waals surface area contributed by atoms with Crippen LogP contribution in [0, 0.1) is 0 Å². The van der Waals surface area contributed by atoms with E-state index in [9.17, 15) is 0 Å². The van der Waals surface area contributed by atoms with Crippen LogP contribution in [0.1, 0.15) is 72.2 Å². The highest BCUT2D eigenvalue weighted by molar-refractivity contribution is 6.27. The highest BCUT2D eigenvalue weighted by Gasteiger charge is 2.55. The molecule has 5 heteroatoms. The third kappa shape index (κ3) is 6.12. The highest BCUT2D eigenvalue weighted by Crippen LogP contribution is 2.68. The molecule has 0 radical (unpaired) electrons. The van der Waals surface area contributed by atoms with Gasteiger partial charge in [0.15, 0.2) is 5.58 Å². The third-order valence-corrected chi connectivity index (χ3v) is 21.1. The van der Waals surface area contributed by atoms with Crippen molar-refractivity contribution in [3.63, 3.8) is 0 Å². The minimum Gasteiger partial charge on any atom is -0.455 e. The Hall–Kier alpha value is -11.1. The molecule has 1 unspecified atom stereocenters. The van der Waals surface area contributed by atoms with Crippen molar-refractivity contribution in [2.24, 2.45) is 0 Å². The van der Waals surface area contributed by atoms with Crippen LogP contribution in [0.2, 0.25) is 0 Å². The fourth-order valence-electron chi connectivity index (χ4n) is 17.6. The van der Waals surface area contributed by atoms with Crippen LogP contribution >= 0.6 is 0 Å². The van der Waals surface area contributed by atoms with E-state index < -0.39 is 5.41 Å². The van der Waals surface area contributed by atoms with E-state index in [2.05, 4.69) is 315 Å². The summed E-state index contributed by atoms with van der Waals surface area (Å²) in [5, 5.41) is 6.64. The number of furan rings is 2. The van der Waals surface area contributed by atoms with Crippen LogP contribution < -0.4 is 9.80 Å². The standard InChI is InChI=1S/C85H57N3O2/c1-83(2)60-38-16-11-30-52(60)55-35-24-44-68(78(55)83)86(50-26-7-5-8-27-50)70-48-65-77(82-74(70)58-33-14-21-46-72(58)90-82)76-64(85(65)62-40-18-20-43-67(62)88-66-42-19-13-32-54(66)57-37-23-41-63(85)80(57)88)49-71(81-75(76)59-34-15-22-47-73(59)89-81)87(51-28-9-6-10-29-51)69-45-25-36-56-53-31-12-17-39-61(53)84(3,4)79(56)69/h5-49H,1-4H3. The molecule has 1 spiro atoms. The lowest BCUT2D eigenvalue weighted by atomic mass is 9.65. The molecule has 13 aromatic carbocycles. The molecule has 1 aliphatic heterocycles. The molecule has 3 aromatic heterocycles. The predicted molar refractivity (Wildman–Crippen MR) is 371 cm³/mol. The number of rotatable bonds is 6. The van der Waals surface area contributed by atoms with Crippen molar-refractivity contribution < 1.29 is 8.83 Å². The molecule has 16 aromatic rings. The van der Waals surface area contributed by atoms with Gasteiger partial charge in [-0.25, -0.2) is 0 Å². The molecule has 0 amide bonds. The first-order chi connectivity index (χ1) is 44.2. The van der Waals surface area contributed by atoms with Crippen LogP contribution in [0.25, 0.3) is 105 Å². The summed E-state index contributed by atoms with van der Waals surface area (Å²) in [6.07, 6.45) is 0. The van der Waals surface area contributed by atoms with Gasteiger partial charge in [-0.1, -0.05) is 228 Å². The molecule has 4 heterocycles. The first-order valence-corrected chi connectivity index (χ1v) is 31.5. The molecule has 0 fully saturated rings. The predicted octanol–water partition coefficient (Wildman–Crippen LogP) is 22.8. The van der Waals surface area contributed by atoms with E-state index in [0.717, 1.165) is 100 Å². The Balaban J connectivity index is 1.00. The first-order valence-electron chi connectivity index (χ1n) is 31.5. The molecule has 90 heavy (non-hydrogen) atoms. The maximum Gasteiger partial charge on any atom is 0.160 e. The van der Waals surface area contributed by atoms with Crippen molar-refractivity contribution in [1.29, 1.82) is 0 Å². The Morgan fingerprint density at radius 2 is 0.778 bits per heavy atom. The van der Waals surface area contributed by atoms with E-state index in [-0.39, 0.29) is 10.8 Å². The number of fused-ring (bicyclic) bond motifs is 26. The summed E-state index contributed by atoms with van der Waals surface area (Å²) in [5.74, 6) is 0. The Kier molecular flexibility index (Phi) is 9.74. The summed E-state index contributed by atoms with van der Waals surface area (Å²) in [6.45, 7) is 9.60. The minimum atomic E-state index is -0.971. The Labute approximate surface area is 520 Å². The third-order valence-electron chi connectivity index (χ3n) is 21.1. The molecular weight excluding hydrogens is 1090 g/mol. The van der Waals surface area contributed by atoms with Crippen molar-refractivity contribution in [1.82, 2.24) is 4.57 Å². The van der Waals surface area contributed by atoms with Gasteiger partial charge in [0.05, 0.1) is 50.3 Å². The first kappa shape index (κ1) is 49.9. The van der Waals surface area contributed by atoms with Crippen LogP contribution in [-0.4, -0.2) is 4.57 Å². The SMILES string of the molecule is CC1(C)c2ccccc2-c2cccc(N(c3ccccc3)c3cc4c(c5c3oc3ccccc35)-c3c(cc(N(c5ccccc5)c5cccc6c5C(C)(C)c5ccccc5-6)c5c3oc3ccccc35)C43c4ccccc4-n4c5ccccc5c5cccc3c54)c21. The molecule has 0 bridgehead atoms. The molecule has 3 aliphatic carbocycles. The fraction of sp³-hybridized carbons (Fsp3) is 0.0824. The molecule has 0 saturated carbocycles. The summed E-state index contributed by atoms with van der Waals surface area (Å²) >= 11 is 0. The van der Waals surface area contributed by atoms with Crippen molar-refractivity contribution in [2.75, 3.05) is 9.80 Å². The van der Waals surface area contributed by atoms with E-state index in [4.69, 9.17) is 8.83 Å². The number of nitrogens with zero attached hydrogens (tertiary/aromatic N) is 3. The van der Waals surface area contributed by atoms with Gasteiger partial charge >= 0.3 is 0 Å². The van der Waals surface area contributed by atoms with Gasteiger partial charge in [0.1, 0.15) is 16.7 Å². The second-order valence-electron chi connectivity index (χ2n) is 26.1. The number of hydrogen-bond donors (Lipinski definition) is 0. The molecule has 0 saturated heterocycles. The fourth-order valence-corrected chi connectivity index (χ4v) is 17.6. The second-order valence-corrected chi connectivity index (χ2v) is 26.1. The number of benzene rings is 13. The minimum absolute atomic E-state index is 0.335. The largest absolute Gasteiger partial charge is 0.455 e. The van der Waals surface area contributed by atoms with E-state index in [1.807, 2.05) is 0 Å². The van der Waals surface area contributed by atoms with Gasteiger partial charge in [-0.15, -0.1) is 0 Å². The van der Waals surface area contributed by atoms with Crippen LogP contribution in [0.3, 0.4) is 0 Å².